The fourth-order valence-corrected chi connectivity index (χ4v) is 2.61. The molecule has 0 atom stereocenters. The third kappa shape index (κ3) is 2.72. The maximum Gasteiger partial charge on any atom is 0.0998 e. The van der Waals surface area contributed by atoms with Crippen LogP contribution < -0.4 is 5.11 Å². The van der Waals surface area contributed by atoms with Crippen molar-refractivity contribution in [2.45, 2.75) is 0 Å². The van der Waals surface area contributed by atoms with Gasteiger partial charge in [0.2, 0.25) is 0 Å². The standard InChI is InChI=1S/C19H14N2O2/c1-21-12-16(17-4-2-3-5-18(17)21)10-15(11-20)13-6-8-14(9-7-13)19(22)23/h2-10,12H,1H3,(H,22,23)/p-1/b15-10-. The lowest BCUT2D eigenvalue weighted by Gasteiger charge is -2.04. The van der Waals surface area contributed by atoms with Crippen molar-refractivity contribution in [1.29, 1.82) is 5.26 Å². The Bertz CT molecular complexity index is 957. The number of carboxylic acids is 1. The largest absolute Gasteiger partial charge is 0.545 e. The monoisotopic (exact) mass is 301 g/mol. The highest BCUT2D eigenvalue weighted by Crippen LogP contribution is 2.25. The Morgan fingerprint density at radius 2 is 1.78 bits per heavy atom. The van der Waals surface area contributed by atoms with Gasteiger partial charge in [0.15, 0.2) is 0 Å². The normalized spacial score (nSPS) is 11.4. The van der Waals surface area contributed by atoms with Gasteiger partial charge in [0, 0.05) is 29.7 Å². The summed E-state index contributed by atoms with van der Waals surface area (Å²) in [5.41, 5.74) is 3.28. The quantitative estimate of drug-likeness (QED) is 0.698. The van der Waals surface area contributed by atoms with Gasteiger partial charge < -0.3 is 14.5 Å². The Labute approximate surface area is 133 Å². The summed E-state index contributed by atoms with van der Waals surface area (Å²) in [5, 5.41) is 21.3. The zero-order valence-electron chi connectivity index (χ0n) is 12.5. The molecule has 0 fully saturated rings. The number of aromatic carboxylic acids is 1. The van der Waals surface area contributed by atoms with Crippen LogP contribution in [0.1, 0.15) is 21.5 Å². The number of allylic oxidation sites excluding steroid dienone is 1. The molecular formula is C19H13N2O2-. The Kier molecular flexibility index (Phi) is 3.70. The highest BCUT2D eigenvalue weighted by Gasteiger charge is 2.07. The van der Waals surface area contributed by atoms with Gasteiger partial charge in [-0.25, -0.2) is 0 Å². The number of carboxylic acid groups (broad SMARTS) is 1. The van der Waals surface area contributed by atoms with Crippen LogP contribution in [0.15, 0.2) is 54.7 Å². The number of aryl methyl sites for hydroxylation is 1. The van der Waals surface area contributed by atoms with Crippen LogP contribution in [-0.4, -0.2) is 10.5 Å². The van der Waals surface area contributed by atoms with Crippen molar-refractivity contribution >= 4 is 28.5 Å². The van der Waals surface area contributed by atoms with Gasteiger partial charge in [-0.15, -0.1) is 0 Å². The van der Waals surface area contributed by atoms with Gasteiger partial charge in [0.05, 0.1) is 17.6 Å². The van der Waals surface area contributed by atoms with Crippen LogP contribution in [0.5, 0.6) is 0 Å². The lowest BCUT2D eigenvalue weighted by molar-refractivity contribution is -0.255. The first-order chi connectivity index (χ1) is 11.1. The van der Waals surface area contributed by atoms with Crippen molar-refractivity contribution in [3.05, 3.63) is 71.4 Å². The first-order valence-electron chi connectivity index (χ1n) is 7.08. The van der Waals surface area contributed by atoms with Crippen LogP contribution in [0.2, 0.25) is 0 Å². The summed E-state index contributed by atoms with van der Waals surface area (Å²) in [4.78, 5) is 10.8. The number of aromatic nitrogens is 1. The fraction of sp³-hybridized carbons (Fsp3) is 0.0526. The minimum atomic E-state index is -1.23. The number of benzene rings is 2. The fourth-order valence-electron chi connectivity index (χ4n) is 2.61. The van der Waals surface area contributed by atoms with Gasteiger partial charge in [-0.3, -0.25) is 0 Å². The highest BCUT2D eigenvalue weighted by molar-refractivity contribution is 5.98. The van der Waals surface area contributed by atoms with E-state index in [-0.39, 0.29) is 5.56 Å². The van der Waals surface area contributed by atoms with E-state index in [0.717, 1.165) is 16.5 Å². The van der Waals surface area contributed by atoms with E-state index >= 15 is 0 Å². The van der Waals surface area contributed by atoms with Gasteiger partial charge in [0.1, 0.15) is 0 Å². The predicted octanol–water partition coefficient (Wildman–Crippen LogP) is 2.61. The number of nitriles is 1. The van der Waals surface area contributed by atoms with E-state index in [2.05, 4.69) is 6.07 Å². The topological polar surface area (TPSA) is 68.8 Å². The third-order valence-corrected chi connectivity index (χ3v) is 3.78. The molecule has 0 N–H and O–H groups in total. The molecule has 23 heavy (non-hydrogen) atoms. The molecule has 0 aliphatic carbocycles. The summed E-state index contributed by atoms with van der Waals surface area (Å²) < 4.78 is 2.01. The minimum Gasteiger partial charge on any atom is -0.545 e. The number of carbonyl (C=O) groups is 1. The van der Waals surface area contributed by atoms with Crippen LogP contribution in [0.25, 0.3) is 22.6 Å². The SMILES string of the molecule is Cn1cc(/C=C(/C#N)c2ccc(C(=O)[O-])cc2)c2ccccc21. The smallest absolute Gasteiger partial charge is 0.0998 e. The number of fused-ring (bicyclic) bond motifs is 1. The second kappa shape index (κ2) is 5.82. The second-order valence-corrected chi connectivity index (χ2v) is 5.25. The summed E-state index contributed by atoms with van der Waals surface area (Å²) in [6.07, 6.45) is 3.79. The molecule has 0 aliphatic rings. The zero-order chi connectivity index (χ0) is 16.4. The molecule has 0 saturated heterocycles. The summed E-state index contributed by atoms with van der Waals surface area (Å²) in [6.45, 7) is 0. The Morgan fingerprint density at radius 3 is 2.43 bits per heavy atom. The first-order valence-corrected chi connectivity index (χ1v) is 7.08. The number of rotatable bonds is 3. The molecule has 4 heteroatoms. The van der Waals surface area contributed by atoms with E-state index in [4.69, 9.17) is 0 Å². The van der Waals surface area contributed by atoms with Crippen LogP contribution in [-0.2, 0) is 7.05 Å². The Hall–Kier alpha value is -3.32. The van der Waals surface area contributed by atoms with E-state index in [0.29, 0.717) is 11.1 Å². The van der Waals surface area contributed by atoms with Crippen LogP contribution in [0.3, 0.4) is 0 Å². The van der Waals surface area contributed by atoms with Gasteiger partial charge in [-0.05, 0) is 23.3 Å². The molecule has 0 radical (unpaired) electrons. The summed E-state index contributed by atoms with van der Waals surface area (Å²) in [7, 11) is 1.96. The van der Waals surface area contributed by atoms with Crippen molar-refractivity contribution in [3.8, 4) is 6.07 Å². The second-order valence-electron chi connectivity index (χ2n) is 5.25. The predicted molar refractivity (Wildman–Crippen MR) is 87.2 cm³/mol. The van der Waals surface area contributed by atoms with Crippen molar-refractivity contribution in [2.24, 2.45) is 7.05 Å². The average Bonchev–Trinajstić information content (AvgIpc) is 2.89. The van der Waals surface area contributed by atoms with Crippen LogP contribution in [0, 0.1) is 11.3 Å². The van der Waals surface area contributed by atoms with Crippen LogP contribution >= 0.6 is 0 Å². The average molecular weight is 301 g/mol. The van der Waals surface area contributed by atoms with Crippen molar-refractivity contribution < 1.29 is 9.90 Å². The molecule has 1 heterocycles. The van der Waals surface area contributed by atoms with Gasteiger partial charge in [-0.2, -0.15) is 5.26 Å². The molecule has 2 aromatic carbocycles. The van der Waals surface area contributed by atoms with E-state index in [1.54, 1.807) is 12.1 Å². The van der Waals surface area contributed by atoms with Crippen molar-refractivity contribution in [1.82, 2.24) is 4.57 Å². The molecule has 3 rings (SSSR count). The van der Waals surface area contributed by atoms with Crippen molar-refractivity contribution in [2.75, 3.05) is 0 Å². The number of carbonyl (C=O) groups excluding carboxylic acids is 1. The number of hydrogen-bond donors (Lipinski definition) is 0. The molecule has 112 valence electrons. The zero-order valence-corrected chi connectivity index (χ0v) is 12.5. The molecule has 4 nitrogen and oxygen atoms in total. The molecule has 0 aliphatic heterocycles. The number of para-hydroxylation sites is 1. The van der Waals surface area contributed by atoms with E-state index < -0.39 is 5.97 Å². The Balaban J connectivity index is 2.08. The molecule has 1 aromatic heterocycles. The van der Waals surface area contributed by atoms with E-state index in [1.165, 1.54) is 12.1 Å². The Morgan fingerprint density at radius 1 is 1.13 bits per heavy atom. The summed E-state index contributed by atoms with van der Waals surface area (Å²) in [5.74, 6) is -1.23. The summed E-state index contributed by atoms with van der Waals surface area (Å²) in [6, 6.07) is 16.3. The number of hydrogen-bond acceptors (Lipinski definition) is 3. The summed E-state index contributed by atoms with van der Waals surface area (Å²) >= 11 is 0. The van der Waals surface area contributed by atoms with Gasteiger partial charge in [-0.1, -0.05) is 42.5 Å². The highest BCUT2D eigenvalue weighted by atomic mass is 16.4. The lowest BCUT2D eigenvalue weighted by atomic mass is 10.0. The van der Waals surface area contributed by atoms with Crippen LogP contribution in [0.4, 0.5) is 0 Å². The van der Waals surface area contributed by atoms with Crippen molar-refractivity contribution in [3.63, 3.8) is 0 Å². The third-order valence-electron chi connectivity index (χ3n) is 3.78. The van der Waals surface area contributed by atoms with E-state index in [9.17, 15) is 15.2 Å². The maximum atomic E-state index is 10.8. The molecule has 3 aromatic rings. The molecular weight excluding hydrogens is 288 g/mol. The van der Waals surface area contributed by atoms with Gasteiger partial charge in [0.25, 0.3) is 0 Å². The maximum absolute atomic E-state index is 10.8. The molecule has 0 bridgehead atoms. The first kappa shape index (κ1) is 14.6. The molecule has 0 spiro atoms. The van der Waals surface area contributed by atoms with E-state index in [1.807, 2.05) is 48.2 Å². The molecule has 0 amide bonds. The minimum absolute atomic E-state index is 0.0937. The molecule has 0 saturated carbocycles. The lowest BCUT2D eigenvalue weighted by Crippen LogP contribution is -2.21. The van der Waals surface area contributed by atoms with Gasteiger partial charge >= 0.3 is 0 Å². The number of nitrogens with zero attached hydrogens (tertiary/aromatic N) is 2. The molecule has 0 unspecified atom stereocenters.